The van der Waals surface area contributed by atoms with E-state index >= 15 is 0 Å². The van der Waals surface area contributed by atoms with Crippen LogP contribution in [0.4, 0.5) is 4.39 Å². The maximum Gasteiger partial charge on any atom is 0.328 e. The molecule has 0 heterocycles. The Bertz CT molecular complexity index is 1010. The van der Waals surface area contributed by atoms with Gasteiger partial charge >= 0.3 is 11.9 Å². The first kappa shape index (κ1) is 34.2. The number of likely N-dealkylation sites (N-methyl/N-ethyl adjacent to an activating group) is 1. The summed E-state index contributed by atoms with van der Waals surface area (Å²) in [6.45, 7) is 13.6. The predicted molar refractivity (Wildman–Crippen MR) is 149 cm³/mol. The quantitative estimate of drug-likeness (QED) is 0.161. The van der Waals surface area contributed by atoms with Crippen LogP contribution in [-0.2, 0) is 9.59 Å². The zero-order chi connectivity index (χ0) is 29.1. The largest absolute Gasteiger partial charge is 0.486 e. The van der Waals surface area contributed by atoms with Crippen molar-refractivity contribution in [1.82, 2.24) is 4.90 Å². The zero-order valence-electron chi connectivity index (χ0n) is 22.9. The van der Waals surface area contributed by atoms with Gasteiger partial charge in [0, 0.05) is 36.7 Å². The first-order valence-electron chi connectivity index (χ1n) is 12.2. The second-order valence-corrected chi connectivity index (χ2v) is 9.04. The van der Waals surface area contributed by atoms with E-state index in [4.69, 9.17) is 14.9 Å². The molecule has 1 aromatic rings. The van der Waals surface area contributed by atoms with E-state index in [1.54, 1.807) is 12.1 Å². The molecule has 7 nitrogen and oxygen atoms in total. The van der Waals surface area contributed by atoms with E-state index in [-0.39, 0.29) is 24.1 Å². The normalized spacial score (nSPS) is 10.7. The maximum atomic E-state index is 14.5. The number of carboxylic acids is 2. The molecule has 0 aromatic heterocycles. The van der Waals surface area contributed by atoms with Crippen molar-refractivity contribution in [2.45, 2.75) is 40.5 Å². The maximum absolute atomic E-state index is 14.5. The Morgan fingerprint density at radius 2 is 1.53 bits per heavy atom. The van der Waals surface area contributed by atoms with E-state index in [1.807, 2.05) is 53.0 Å². The molecule has 8 heteroatoms. The van der Waals surface area contributed by atoms with Gasteiger partial charge in [-0.25, -0.2) is 14.0 Å². The fraction of sp³-hybridized carbons (Fsp3) is 0.367. The van der Waals surface area contributed by atoms with Crippen LogP contribution in [0.2, 0.25) is 0 Å². The highest BCUT2D eigenvalue weighted by molar-refractivity contribution is 5.98. The number of ketones is 1. The Hall–Kier alpha value is -3.78. The Balaban J connectivity index is 0.00000147. The zero-order valence-corrected chi connectivity index (χ0v) is 22.9. The van der Waals surface area contributed by atoms with Crippen molar-refractivity contribution in [1.29, 1.82) is 0 Å². The Morgan fingerprint density at radius 1 is 0.974 bits per heavy atom. The minimum Gasteiger partial charge on any atom is -0.486 e. The molecule has 2 N–H and O–H groups in total. The average Bonchev–Trinajstić information content (AvgIpc) is 2.83. The summed E-state index contributed by atoms with van der Waals surface area (Å²) in [6.07, 6.45) is 12.2. The highest BCUT2D eigenvalue weighted by Crippen LogP contribution is 2.24. The minimum absolute atomic E-state index is 0.0411. The standard InChI is InChI=1S/C26H36FNO2.C4H4O4/c1-7-16-28(6)17-8-9-18-30-25-15-14-23(19-24(25)27)26(29)22(12-10-20(2)3)13-11-21(4)5;5-3(6)1-2-4(7)8/h7-11,14-15,19,22H,1,12-13,16-18H2,2-6H3;1-2H,(H,5,6)(H,7,8). The van der Waals surface area contributed by atoms with Crippen LogP contribution in [0, 0.1) is 11.7 Å². The molecule has 1 aromatic carbocycles. The monoisotopic (exact) mass is 529 g/mol. The molecule has 0 amide bonds. The molecule has 0 aliphatic rings. The number of ether oxygens (including phenoxy) is 1. The first-order valence-corrected chi connectivity index (χ1v) is 12.2. The molecule has 0 saturated carbocycles. The topological polar surface area (TPSA) is 104 Å². The highest BCUT2D eigenvalue weighted by atomic mass is 19.1. The highest BCUT2D eigenvalue weighted by Gasteiger charge is 2.19. The number of halogens is 1. The second kappa shape index (κ2) is 19.3. The van der Waals surface area contributed by atoms with Crippen LogP contribution in [0.5, 0.6) is 5.75 Å². The van der Waals surface area contributed by atoms with Crippen LogP contribution < -0.4 is 4.74 Å². The Kier molecular flexibility index (Phi) is 17.4. The summed E-state index contributed by atoms with van der Waals surface area (Å²) in [4.78, 5) is 34.2. The van der Waals surface area contributed by atoms with Gasteiger partial charge in [-0.3, -0.25) is 9.69 Å². The van der Waals surface area contributed by atoms with Gasteiger partial charge < -0.3 is 14.9 Å². The minimum atomic E-state index is -1.26. The van der Waals surface area contributed by atoms with Crippen LogP contribution in [0.25, 0.3) is 0 Å². The predicted octanol–water partition coefficient (Wildman–Crippen LogP) is 6.10. The number of carboxylic acid groups (broad SMARTS) is 2. The molecule has 0 saturated heterocycles. The van der Waals surface area contributed by atoms with Gasteiger partial charge in [-0.2, -0.15) is 0 Å². The number of rotatable bonds is 15. The molecule has 0 unspecified atom stereocenters. The summed E-state index contributed by atoms with van der Waals surface area (Å²) in [5, 5.41) is 15.6. The molecule has 38 heavy (non-hydrogen) atoms. The summed E-state index contributed by atoms with van der Waals surface area (Å²) in [7, 11) is 1.99. The van der Waals surface area contributed by atoms with Crippen molar-refractivity contribution in [2.75, 3.05) is 26.7 Å². The third kappa shape index (κ3) is 16.8. The van der Waals surface area contributed by atoms with Crippen LogP contribution in [0.3, 0.4) is 0 Å². The molecule has 208 valence electrons. The van der Waals surface area contributed by atoms with E-state index in [0.29, 0.717) is 30.6 Å². The number of Topliss-reactive ketones (excluding diaryl/α,β-unsaturated/α-hetero) is 1. The van der Waals surface area contributed by atoms with Gasteiger partial charge in [0.1, 0.15) is 6.61 Å². The number of nitrogens with zero attached hydrogens (tertiary/aromatic N) is 1. The van der Waals surface area contributed by atoms with E-state index in [2.05, 4.69) is 23.6 Å². The third-order valence-electron chi connectivity index (χ3n) is 4.94. The number of hydrogen-bond acceptors (Lipinski definition) is 5. The van der Waals surface area contributed by atoms with Gasteiger partial charge in [0.25, 0.3) is 0 Å². The molecular formula is C30H40FNO6. The van der Waals surface area contributed by atoms with Gasteiger partial charge in [-0.1, -0.05) is 41.5 Å². The van der Waals surface area contributed by atoms with Crippen molar-refractivity contribution >= 4 is 17.7 Å². The number of benzene rings is 1. The van der Waals surface area contributed by atoms with Gasteiger partial charge in [0.2, 0.25) is 0 Å². The molecule has 0 aliphatic heterocycles. The molecule has 1 rings (SSSR count). The molecule has 0 spiro atoms. The average molecular weight is 530 g/mol. The molecule has 0 fully saturated rings. The number of allylic oxidation sites excluding steroid dienone is 4. The number of hydrogen-bond donors (Lipinski definition) is 2. The lowest BCUT2D eigenvalue weighted by atomic mass is 9.90. The first-order chi connectivity index (χ1) is 17.9. The van der Waals surface area contributed by atoms with Crippen molar-refractivity contribution in [3.8, 4) is 5.75 Å². The molecule has 0 radical (unpaired) electrons. The second-order valence-electron chi connectivity index (χ2n) is 9.04. The smallest absolute Gasteiger partial charge is 0.328 e. The van der Waals surface area contributed by atoms with Gasteiger partial charge in [0.15, 0.2) is 17.3 Å². The van der Waals surface area contributed by atoms with Crippen LogP contribution in [0.1, 0.15) is 50.9 Å². The van der Waals surface area contributed by atoms with Crippen molar-refractivity contribution in [2.24, 2.45) is 5.92 Å². The summed E-state index contributed by atoms with van der Waals surface area (Å²) in [5.41, 5.74) is 2.73. The van der Waals surface area contributed by atoms with Gasteiger partial charge in [-0.05, 0) is 65.8 Å². The third-order valence-corrected chi connectivity index (χ3v) is 4.94. The van der Waals surface area contributed by atoms with Crippen LogP contribution >= 0.6 is 0 Å². The van der Waals surface area contributed by atoms with E-state index in [1.165, 1.54) is 17.2 Å². The molecule has 0 atom stereocenters. The lowest BCUT2D eigenvalue weighted by Crippen LogP contribution is -2.17. The summed E-state index contributed by atoms with van der Waals surface area (Å²) in [5.74, 6) is -3.11. The number of aliphatic carboxylic acids is 2. The molecule has 0 aliphatic carbocycles. The SMILES string of the molecule is C=CCN(C)CC=CCOc1ccc(C(=O)C(CC=C(C)C)CC=C(C)C)cc1F.O=C(O)C=CC(=O)O. The van der Waals surface area contributed by atoms with E-state index in [0.717, 1.165) is 13.1 Å². The fourth-order valence-electron chi connectivity index (χ4n) is 2.97. The lowest BCUT2D eigenvalue weighted by Gasteiger charge is -2.14. The summed E-state index contributed by atoms with van der Waals surface area (Å²) < 4.78 is 20.0. The van der Waals surface area contributed by atoms with Crippen LogP contribution in [0.15, 0.2) is 78.5 Å². The van der Waals surface area contributed by atoms with Gasteiger partial charge in [0.05, 0.1) is 0 Å². The Morgan fingerprint density at radius 3 is 1.97 bits per heavy atom. The van der Waals surface area contributed by atoms with Crippen LogP contribution in [-0.4, -0.2) is 59.6 Å². The van der Waals surface area contributed by atoms with Crippen molar-refractivity contribution in [3.05, 3.63) is 89.8 Å². The van der Waals surface area contributed by atoms with Crippen molar-refractivity contribution < 1.29 is 33.7 Å². The summed E-state index contributed by atoms with van der Waals surface area (Å²) >= 11 is 0. The Labute approximate surface area is 225 Å². The van der Waals surface area contributed by atoms with Crippen molar-refractivity contribution in [3.63, 3.8) is 0 Å². The molecule has 0 bridgehead atoms. The number of carbonyl (C=O) groups is 3. The fourth-order valence-corrected chi connectivity index (χ4v) is 2.97. The summed E-state index contributed by atoms with van der Waals surface area (Å²) in [6, 6.07) is 4.48. The lowest BCUT2D eigenvalue weighted by molar-refractivity contribution is -0.134. The molecular weight excluding hydrogens is 489 g/mol. The van der Waals surface area contributed by atoms with E-state index in [9.17, 15) is 18.8 Å². The number of carbonyl (C=O) groups excluding carboxylic acids is 1. The van der Waals surface area contributed by atoms with E-state index < -0.39 is 17.8 Å². The van der Waals surface area contributed by atoms with Gasteiger partial charge in [-0.15, -0.1) is 6.58 Å².